The van der Waals surface area contributed by atoms with Crippen molar-refractivity contribution in [2.24, 2.45) is 5.92 Å². The minimum absolute atomic E-state index is 0.0351. The van der Waals surface area contributed by atoms with Crippen LogP contribution in [0.15, 0.2) is 18.2 Å². The SMILES string of the molecule is CC1CCNCC1NC(=O)c1ccc(N)c([N+](=O)[O-])c1. The summed E-state index contributed by atoms with van der Waals surface area (Å²) in [5.41, 5.74) is 5.58. The topological polar surface area (TPSA) is 110 Å². The van der Waals surface area contributed by atoms with Crippen LogP contribution in [0.3, 0.4) is 0 Å². The lowest BCUT2D eigenvalue weighted by Crippen LogP contribution is -2.50. The second-order valence-electron chi connectivity index (χ2n) is 5.08. The molecule has 108 valence electrons. The Labute approximate surface area is 116 Å². The summed E-state index contributed by atoms with van der Waals surface area (Å²) in [6.07, 6.45) is 0.993. The first-order chi connectivity index (χ1) is 9.49. The number of nitrogens with two attached hydrogens (primary N) is 1. The van der Waals surface area contributed by atoms with Gasteiger partial charge in [0.2, 0.25) is 0 Å². The highest BCUT2D eigenvalue weighted by molar-refractivity contribution is 5.95. The highest BCUT2D eigenvalue weighted by atomic mass is 16.6. The molecule has 7 heteroatoms. The molecule has 4 N–H and O–H groups in total. The maximum absolute atomic E-state index is 12.1. The van der Waals surface area contributed by atoms with Crippen LogP contribution in [-0.2, 0) is 0 Å². The predicted molar refractivity (Wildman–Crippen MR) is 75.4 cm³/mol. The summed E-state index contributed by atoms with van der Waals surface area (Å²) in [5.74, 6) is 0.0672. The van der Waals surface area contributed by atoms with Crippen LogP contribution in [-0.4, -0.2) is 30.0 Å². The summed E-state index contributed by atoms with van der Waals surface area (Å²) in [4.78, 5) is 22.4. The zero-order chi connectivity index (χ0) is 14.7. The molecule has 1 aliphatic rings. The molecule has 1 saturated heterocycles. The number of amides is 1. The maximum Gasteiger partial charge on any atom is 0.292 e. The van der Waals surface area contributed by atoms with Crippen molar-refractivity contribution in [2.75, 3.05) is 18.8 Å². The van der Waals surface area contributed by atoms with E-state index in [-0.39, 0.29) is 28.9 Å². The fourth-order valence-electron chi connectivity index (χ4n) is 2.28. The van der Waals surface area contributed by atoms with Crippen LogP contribution < -0.4 is 16.4 Å². The Kier molecular flexibility index (Phi) is 4.19. The van der Waals surface area contributed by atoms with Gasteiger partial charge in [-0.15, -0.1) is 0 Å². The quantitative estimate of drug-likeness (QED) is 0.432. The van der Waals surface area contributed by atoms with Crippen molar-refractivity contribution in [2.45, 2.75) is 19.4 Å². The summed E-state index contributed by atoms with van der Waals surface area (Å²) in [6.45, 7) is 3.74. The molecule has 0 aliphatic carbocycles. The standard InChI is InChI=1S/C13H18N4O3/c1-8-4-5-15-7-11(8)16-13(18)9-2-3-10(14)12(6-9)17(19)20/h2-3,6,8,11,15H,4-5,7,14H2,1H3,(H,16,18). The molecule has 1 aliphatic heterocycles. The second kappa shape index (κ2) is 5.87. The minimum Gasteiger partial charge on any atom is -0.393 e. The number of nitro benzene ring substituents is 1. The number of hydrogen-bond acceptors (Lipinski definition) is 5. The number of carbonyl (C=O) groups is 1. The molecule has 1 aromatic carbocycles. The Morgan fingerprint density at radius 1 is 1.55 bits per heavy atom. The van der Waals surface area contributed by atoms with Crippen LogP contribution in [0.1, 0.15) is 23.7 Å². The highest BCUT2D eigenvalue weighted by Gasteiger charge is 2.24. The summed E-state index contributed by atoms with van der Waals surface area (Å²) in [5, 5.41) is 16.9. The summed E-state index contributed by atoms with van der Waals surface area (Å²) >= 11 is 0. The molecule has 0 spiro atoms. The first kappa shape index (κ1) is 14.3. The van der Waals surface area contributed by atoms with Crippen LogP contribution in [0.25, 0.3) is 0 Å². The molecule has 2 unspecified atom stereocenters. The molecule has 2 rings (SSSR count). The molecular formula is C13H18N4O3. The largest absolute Gasteiger partial charge is 0.393 e. The zero-order valence-electron chi connectivity index (χ0n) is 11.3. The number of piperidine rings is 1. The molecule has 1 aromatic rings. The van der Waals surface area contributed by atoms with Crippen molar-refractivity contribution in [3.63, 3.8) is 0 Å². The fourth-order valence-corrected chi connectivity index (χ4v) is 2.28. The van der Waals surface area contributed by atoms with Crippen molar-refractivity contribution < 1.29 is 9.72 Å². The van der Waals surface area contributed by atoms with Crippen molar-refractivity contribution >= 4 is 17.3 Å². The number of nitrogens with zero attached hydrogens (tertiary/aromatic N) is 1. The lowest BCUT2D eigenvalue weighted by molar-refractivity contribution is -0.383. The molecule has 7 nitrogen and oxygen atoms in total. The van der Waals surface area contributed by atoms with E-state index in [1.54, 1.807) is 0 Å². The maximum atomic E-state index is 12.1. The molecule has 20 heavy (non-hydrogen) atoms. The fraction of sp³-hybridized carbons (Fsp3) is 0.462. The van der Waals surface area contributed by atoms with Crippen molar-refractivity contribution in [3.05, 3.63) is 33.9 Å². The number of benzene rings is 1. The second-order valence-corrected chi connectivity index (χ2v) is 5.08. The van der Waals surface area contributed by atoms with Gasteiger partial charge in [-0.25, -0.2) is 0 Å². The Hall–Kier alpha value is -2.15. The number of nitro groups is 1. The van der Waals surface area contributed by atoms with Gasteiger partial charge < -0.3 is 16.4 Å². The van der Waals surface area contributed by atoms with E-state index in [9.17, 15) is 14.9 Å². The van der Waals surface area contributed by atoms with E-state index in [1.807, 2.05) is 0 Å². The van der Waals surface area contributed by atoms with Crippen molar-refractivity contribution in [3.8, 4) is 0 Å². The average Bonchev–Trinajstić information content (AvgIpc) is 2.41. The number of hydrogen-bond donors (Lipinski definition) is 3. The number of nitrogen functional groups attached to an aromatic ring is 1. The van der Waals surface area contributed by atoms with E-state index in [1.165, 1.54) is 18.2 Å². The lowest BCUT2D eigenvalue weighted by atomic mass is 9.94. The third kappa shape index (κ3) is 3.05. The van der Waals surface area contributed by atoms with Crippen LogP contribution in [0.5, 0.6) is 0 Å². The molecule has 0 bridgehead atoms. The predicted octanol–water partition coefficient (Wildman–Crippen LogP) is 0.905. The average molecular weight is 278 g/mol. The third-order valence-electron chi connectivity index (χ3n) is 3.63. The number of carbonyl (C=O) groups excluding carboxylic acids is 1. The monoisotopic (exact) mass is 278 g/mol. The molecule has 0 radical (unpaired) electrons. The Balaban J connectivity index is 2.13. The normalized spacial score (nSPS) is 22.2. The number of anilines is 1. The summed E-state index contributed by atoms with van der Waals surface area (Å²) in [7, 11) is 0. The van der Waals surface area contributed by atoms with Gasteiger partial charge in [0, 0.05) is 24.2 Å². The minimum atomic E-state index is -0.586. The van der Waals surface area contributed by atoms with Crippen molar-refractivity contribution in [1.82, 2.24) is 10.6 Å². The van der Waals surface area contributed by atoms with E-state index < -0.39 is 4.92 Å². The van der Waals surface area contributed by atoms with E-state index >= 15 is 0 Å². The summed E-state index contributed by atoms with van der Waals surface area (Å²) in [6, 6.07) is 4.13. The highest BCUT2D eigenvalue weighted by Crippen LogP contribution is 2.22. The van der Waals surface area contributed by atoms with Crippen LogP contribution >= 0.6 is 0 Å². The molecule has 1 fully saturated rings. The third-order valence-corrected chi connectivity index (χ3v) is 3.63. The van der Waals surface area contributed by atoms with Gasteiger partial charge in [-0.1, -0.05) is 6.92 Å². The van der Waals surface area contributed by atoms with Gasteiger partial charge in [-0.2, -0.15) is 0 Å². The number of nitrogens with one attached hydrogen (secondary N) is 2. The van der Waals surface area contributed by atoms with E-state index in [0.717, 1.165) is 13.0 Å². The lowest BCUT2D eigenvalue weighted by Gasteiger charge is -2.30. The first-order valence-corrected chi connectivity index (χ1v) is 6.54. The van der Waals surface area contributed by atoms with Gasteiger partial charge in [-0.05, 0) is 31.0 Å². The molecular weight excluding hydrogens is 260 g/mol. The number of rotatable bonds is 3. The molecule has 0 saturated carbocycles. The van der Waals surface area contributed by atoms with Gasteiger partial charge in [0.15, 0.2) is 0 Å². The zero-order valence-corrected chi connectivity index (χ0v) is 11.3. The van der Waals surface area contributed by atoms with Gasteiger partial charge in [0.1, 0.15) is 5.69 Å². The molecule has 1 heterocycles. The van der Waals surface area contributed by atoms with E-state index in [4.69, 9.17) is 5.73 Å². The molecule has 1 amide bonds. The van der Waals surface area contributed by atoms with Crippen LogP contribution in [0.2, 0.25) is 0 Å². The van der Waals surface area contributed by atoms with Gasteiger partial charge in [0.05, 0.1) is 4.92 Å². The van der Waals surface area contributed by atoms with E-state index in [2.05, 4.69) is 17.6 Å². The Morgan fingerprint density at radius 2 is 2.30 bits per heavy atom. The van der Waals surface area contributed by atoms with Crippen molar-refractivity contribution in [1.29, 1.82) is 0 Å². The van der Waals surface area contributed by atoms with E-state index in [0.29, 0.717) is 12.5 Å². The summed E-state index contributed by atoms with van der Waals surface area (Å²) < 4.78 is 0. The van der Waals surface area contributed by atoms with Gasteiger partial charge in [-0.3, -0.25) is 14.9 Å². The Morgan fingerprint density at radius 3 is 2.95 bits per heavy atom. The van der Waals surface area contributed by atoms with Crippen LogP contribution in [0, 0.1) is 16.0 Å². The first-order valence-electron chi connectivity index (χ1n) is 6.54. The van der Waals surface area contributed by atoms with Gasteiger partial charge >= 0.3 is 0 Å². The molecule has 2 atom stereocenters. The Bertz CT molecular complexity index is 532. The molecule has 0 aromatic heterocycles. The van der Waals surface area contributed by atoms with Crippen LogP contribution in [0.4, 0.5) is 11.4 Å². The smallest absolute Gasteiger partial charge is 0.292 e. The van der Waals surface area contributed by atoms with Gasteiger partial charge in [0.25, 0.3) is 11.6 Å².